The van der Waals surface area contributed by atoms with E-state index < -0.39 is 17.7 Å². The first-order chi connectivity index (χ1) is 21.1. The van der Waals surface area contributed by atoms with Crippen LogP contribution < -0.4 is 10.5 Å². The van der Waals surface area contributed by atoms with Crippen molar-refractivity contribution in [1.29, 1.82) is 0 Å². The topological polar surface area (TPSA) is 133 Å². The highest BCUT2D eigenvalue weighted by molar-refractivity contribution is 5.92. The second-order valence-corrected chi connectivity index (χ2v) is 10.3. The van der Waals surface area contributed by atoms with Crippen molar-refractivity contribution < 1.29 is 37.3 Å². The van der Waals surface area contributed by atoms with Crippen LogP contribution in [0.2, 0.25) is 0 Å². The molecule has 3 heterocycles. The second kappa shape index (κ2) is 12.7. The summed E-state index contributed by atoms with van der Waals surface area (Å²) in [6.45, 7) is 1.09. The summed E-state index contributed by atoms with van der Waals surface area (Å²) < 4.78 is 54.2. The van der Waals surface area contributed by atoms with Gasteiger partial charge in [-0.2, -0.15) is 23.0 Å². The number of para-hydroxylation sites is 1. The van der Waals surface area contributed by atoms with Crippen LogP contribution in [0.15, 0.2) is 66.9 Å². The molecule has 1 atom stereocenters. The van der Waals surface area contributed by atoms with Gasteiger partial charge < -0.3 is 25.2 Å². The van der Waals surface area contributed by atoms with Gasteiger partial charge in [0.15, 0.2) is 5.82 Å². The number of ether oxygens (including phenoxy) is 2. The summed E-state index contributed by atoms with van der Waals surface area (Å²) in [5.74, 6) is -1.47. The molecule has 1 aliphatic heterocycles. The standard InChI is InChI=1S/C31H30F3N5O5/c1-43-30(42)38-15-4-5-20(14-16-38)21-12-10-19(11-13-21)18-44-27-22(6-2-7-24(27)31(32,33)34)25-8-3-9-26(37-25)39-28(35)23(17-36-39)29(40)41/h2-3,6-13,17,20H,4-5,14-16,18,35H2,1H3,(H,40,41). The Morgan fingerprint density at radius 2 is 1.80 bits per heavy atom. The predicted octanol–water partition coefficient (Wildman–Crippen LogP) is 6.15. The molecule has 2 aromatic heterocycles. The number of anilines is 1. The Balaban J connectivity index is 1.39. The number of halogens is 3. The van der Waals surface area contributed by atoms with Crippen LogP contribution in [-0.2, 0) is 17.5 Å². The van der Waals surface area contributed by atoms with E-state index in [0.717, 1.165) is 41.8 Å². The molecule has 0 saturated carbocycles. The fourth-order valence-electron chi connectivity index (χ4n) is 5.30. The molecule has 1 saturated heterocycles. The Morgan fingerprint density at radius 1 is 1.05 bits per heavy atom. The summed E-state index contributed by atoms with van der Waals surface area (Å²) in [7, 11) is 1.37. The maximum absolute atomic E-state index is 14.1. The maximum atomic E-state index is 14.1. The molecule has 44 heavy (non-hydrogen) atoms. The number of likely N-dealkylation sites (tertiary alicyclic amines) is 1. The average molecular weight is 610 g/mol. The highest BCUT2D eigenvalue weighted by Gasteiger charge is 2.36. The summed E-state index contributed by atoms with van der Waals surface area (Å²) >= 11 is 0. The van der Waals surface area contributed by atoms with Gasteiger partial charge in [-0.25, -0.2) is 14.6 Å². The lowest BCUT2D eigenvalue weighted by molar-refractivity contribution is -0.139. The molecule has 0 spiro atoms. The summed E-state index contributed by atoms with van der Waals surface area (Å²) in [5, 5.41) is 13.3. The van der Waals surface area contributed by atoms with E-state index in [1.165, 1.54) is 31.4 Å². The van der Waals surface area contributed by atoms with Gasteiger partial charge in [0.25, 0.3) is 0 Å². The zero-order valence-corrected chi connectivity index (χ0v) is 23.8. The van der Waals surface area contributed by atoms with E-state index in [0.29, 0.717) is 18.7 Å². The summed E-state index contributed by atoms with van der Waals surface area (Å²) in [6, 6.07) is 15.8. The molecule has 230 valence electrons. The van der Waals surface area contributed by atoms with E-state index in [-0.39, 0.29) is 52.8 Å². The van der Waals surface area contributed by atoms with Crippen LogP contribution in [0.4, 0.5) is 23.8 Å². The van der Waals surface area contributed by atoms with E-state index in [2.05, 4.69) is 10.1 Å². The Bertz CT molecular complexity index is 1660. The van der Waals surface area contributed by atoms with Gasteiger partial charge >= 0.3 is 18.2 Å². The molecule has 5 rings (SSSR count). The SMILES string of the molecule is COC(=O)N1CCCC(c2ccc(COc3c(-c4cccc(-n5ncc(C(=O)O)c5N)n4)cccc3C(F)(F)F)cc2)CC1. The number of nitrogens with zero attached hydrogens (tertiary/aromatic N) is 4. The molecule has 0 bridgehead atoms. The van der Waals surface area contributed by atoms with Crippen LogP contribution >= 0.6 is 0 Å². The van der Waals surface area contributed by atoms with Gasteiger partial charge in [-0.05, 0) is 60.6 Å². The molecule has 3 N–H and O–H groups in total. The van der Waals surface area contributed by atoms with E-state index in [1.807, 2.05) is 24.3 Å². The molecule has 10 nitrogen and oxygen atoms in total. The second-order valence-electron chi connectivity index (χ2n) is 10.3. The minimum atomic E-state index is -4.70. The molecule has 4 aromatic rings. The third kappa shape index (κ3) is 6.46. The Morgan fingerprint density at radius 3 is 2.48 bits per heavy atom. The van der Waals surface area contributed by atoms with Gasteiger partial charge in [0.2, 0.25) is 0 Å². The number of nitrogen functional groups attached to an aromatic ring is 1. The molecule has 13 heteroatoms. The molecule has 2 aromatic carbocycles. The quantitative estimate of drug-likeness (QED) is 0.255. The number of aromatic carboxylic acids is 1. The molecular weight excluding hydrogens is 579 g/mol. The number of nitrogens with two attached hydrogens (primary N) is 1. The number of rotatable bonds is 7. The molecule has 0 radical (unpaired) electrons. The summed E-state index contributed by atoms with van der Waals surface area (Å²) in [6.07, 6.45) is -1.45. The van der Waals surface area contributed by atoms with Crippen LogP contribution in [0.1, 0.15) is 52.2 Å². The average Bonchev–Trinajstić information content (AvgIpc) is 3.24. The third-order valence-corrected chi connectivity index (χ3v) is 7.58. The van der Waals surface area contributed by atoms with Crippen molar-refractivity contribution in [2.45, 2.75) is 38.0 Å². The van der Waals surface area contributed by atoms with Gasteiger partial charge in [-0.15, -0.1) is 0 Å². The van der Waals surface area contributed by atoms with Crippen molar-refractivity contribution in [2.75, 3.05) is 25.9 Å². The number of carboxylic acid groups (broad SMARTS) is 1. The molecule has 1 fully saturated rings. The number of aromatic nitrogens is 3. The summed E-state index contributed by atoms with van der Waals surface area (Å²) in [5.41, 5.74) is 6.74. The van der Waals surface area contributed by atoms with Gasteiger partial charge in [0.05, 0.1) is 24.6 Å². The number of methoxy groups -OCH3 is 1. The Labute approximate surface area is 250 Å². The smallest absolute Gasteiger partial charge is 0.419 e. The number of carboxylic acids is 1. The largest absolute Gasteiger partial charge is 0.488 e. The van der Waals surface area contributed by atoms with Crippen LogP contribution in [0.5, 0.6) is 5.75 Å². The maximum Gasteiger partial charge on any atom is 0.419 e. The lowest BCUT2D eigenvalue weighted by atomic mass is 9.91. The number of hydrogen-bond donors (Lipinski definition) is 2. The van der Waals surface area contributed by atoms with E-state index in [4.69, 9.17) is 15.2 Å². The van der Waals surface area contributed by atoms with Crippen molar-refractivity contribution in [3.63, 3.8) is 0 Å². The zero-order valence-electron chi connectivity index (χ0n) is 23.8. The lowest BCUT2D eigenvalue weighted by Gasteiger charge is -2.19. The minimum absolute atomic E-state index is 0.0936. The molecule has 0 aliphatic carbocycles. The fraction of sp³-hybridized carbons (Fsp3) is 0.290. The number of pyridine rings is 1. The van der Waals surface area contributed by atoms with Crippen molar-refractivity contribution in [1.82, 2.24) is 19.7 Å². The van der Waals surface area contributed by atoms with E-state index in [1.54, 1.807) is 11.0 Å². The molecular formula is C31H30F3N5O5. The minimum Gasteiger partial charge on any atom is -0.488 e. The first kappa shape index (κ1) is 30.4. The van der Waals surface area contributed by atoms with Gasteiger partial charge in [0, 0.05) is 18.7 Å². The number of hydrogen-bond acceptors (Lipinski definition) is 7. The normalized spacial score (nSPS) is 15.5. The van der Waals surface area contributed by atoms with Crippen molar-refractivity contribution in [3.8, 4) is 22.8 Å². The summed E-state index contributed by atoms with van der Waals surface area (Å²) in [4.78, 5) is 29.4. The molecule has 1 unspecified atom stereocenters. The first-order valence-electron chi connectivity index (χ1n) is 13.9. The van der Waals surface area contributed by atoms with Crippen molar-refractivity contribution >= 4 is 17.9 Å². The number of carbonyl (C=O) groups is 2. The van der Waals surface area contributed by atoms with Crippen molar-refractivity contribution in [3.05, 3.63) is 89.1 Å². The van der Waals surface area contributed by atoms with Gasteiger partial charge in [-0.1, -0.05) is 36.4 Å². The highest BCUT2D eigenvalue weighted by atomic mass is 19.4. The number of amides is 1. The van der Waals surface area contributed by atoms with Gasteiger partial charge in [-0.3, -0.25) is 0 Å². The Hall–Kier alpha value is -5.07. The monoisotopic (exact) mass is 609 g/mol. The third-order valence-electron chi connectivity index (χ3n) is 7.58. The first-order valence-corrected chi connectivity index (χ1v) is 13.9. The number of alkyl halides is 3. The number of carbonyl (C=O) groups excluding carboxylic acids is 1. The van der Waals surface area contributed by atoms with Crippen LogP contribution in [0, 0.1) is 0 Å². The van der Waals surface area contributed by atoms with E-state index >= 15 is 0 Å². The van der Waals surface area contributed by atoms with E-state index in [9.17, 15) is 27.9 Å². The highest BCUT2D eigenvalue weighted by Crippen LogP contribution is 2.42. The predicted molar refractivity (Wildman–Crippen MR) is 155 cm³/mol. The molecule has 1 aliphatic rings. The zero-order chi connectivity index (χ0) is 31.4. The molecule has 1 amide bonds. The lowest BCUT2D eigenvalue weighted by Crippen LogP contribution is -2.31. The van der Waals surface area contributed by atoms with Crippen LogP contribution in [0.3, 0.4) is 0 Å². The van der Waals surface area contributed by atoms with Gasteiger partial charge in [0.1, 0.15) is 23.7 Å². The van der Waals surface area contributed by atoms with Crippen LogP contribution in [-0.4, -0.2) is 57.0 Å². The van der Waals surface area contributed by atoms with Crippen LogP contribution in [0.25, 0.3) is 17.1 Å². The van der Waals surface area contributed by atoms with Crippen molar-refractivity contribution in [2.24, 2.45) is 0 Å². The number of benzene rings is 2. The fourth-order valence-corrected chi connectivity index (χ4v) is 5.30. The Kier molecular flexibility index (Phi) is 8.74.